The monoisotopic (exact) mass is 600 g/mol. The van der Waals surface area contributed by atoms with Crippen LogP contribution in [0.25, 0.3) is 22.6 Å². The minimum atomic E-state index is -0.422. The molecule has 5 aromatic rings. The highest BCUT2D eigenvalue weighted by atomic mass is 16.5. The zero-order valence-corrected chi connectivity index (χ0v) is 24.8. The fourth-order valence-corrected chi connectivity index (χ4v) is 5.58. The molecule has 45 heavy (non-hydrogen) atoms. The van der Waals surface area contributed by atoms with Gasteiger partial charge in [-0.15, -0.1) is 5.10 Å². The van der Waals surface area contributed by atoms with Crippen LogP contribution < -0.4 is 10.1 Å². The third-order valence-electron chi connectivity index (χ3n) is 7.70. The number of ether oxygens (including phenoxy) is 2. The number of carbonyl (C=O) groups is 1. The Morgan fingerprint density at radius 2 is 1.78 bits per heavy atom. The molecule has 3 heterocycles. The first-order valence-corrected chi connectivity index (χ1v) is 14.8. The standard InChI is InChI=1S/C34H32N8O3/c1-44-33(24-10-5-6-11-24)28-16-8-13-26(36-28)20-42-21-31(40-41-42)30-18-29(25-12-7-9-23(17-25)19-35)37-34(38-30)39-32(43)22-45-27-14-3-2-4-15-27/h2-4,7-9,12-18,21,24,33H,5-6,10-11,20,22H2,1H3,(H,37,38,39,43). The van der Waals surface area contributed by atoms with Crippen LogP contribution in [0.2, 0.25) is 0 Å². The van der Waals surface area contributed by atoms with Crippen molar-refractivity contribution in [2.24, 2.45) is 5.92 Å². The Balaban J connectivity index is 1.24. The molecule has 0 spiro atoms. The summed E-state index contributed by atoms with van der Waals surface area (Å²) in [6, 6.07) is 26.0. The van der Waals surface area contributed by atoms with Gasteiger partial charge in [-0.25, -0.2) is 14.6 Å². The normalized spacial score (nSPS) is 13.7. The largest absolute Gasteiger partial charge is 0.484 e. The Bertz CT molecular complexity index is 1810. The fraction of sp³-hybridized carbons (Fsp3) is 0.265. The van der Waals surface area contributed by atoms with E-state index in [-0.39, 0.29) is 18.7 Å². The number of rotatable bonds is 11. The average Bonchev–Trinajstić information content (AvgIpc) is 3.78. The minimum Gasteiger partial charge on any atom is -0.484 e. The van der Waals surface area contributed by atoms with Crippen molar-refractivity contribution in [2.45, 2.75) is 38.3 Å². The van der Waals surface area contributed by atoms with E-state index in [2.05, 4.69) is 31.7 Å². The lowest BCUT2D eigenvalue weighted by molar-refractivity contribution is -0.118. The van der Waals surface area contributed by atoms with E-state index in [1.54, 1.807) is 54.4 Å². The van der Waals surface area contributed by atoms with Gasteiger partial charge in [0.25, 0.3) is 5.91 Å². The molecule has 1 amide bonds. The van der Waals surface area contributed by atoms with Crippen LogP contribution >= 0.6 is 0 Å². The molecule has 1 saturated carbocycles. The lowest BCUT2D eigenvalue weighted by Gasteiger charge is -2.21. The Kier molecular flexibility index (Phi) is 9.13. The molecular formula is C34H32N8O3. The Hall–Kier alpha value is -5.47. The van der Waals surface area contributed by atoms with E-state index in [0.717, 1.165) is 24.2 Å². The van der Waals surface area contributed by atoms with Gasteiger partial charge in [0.2, 0.25) is 5.95 Å². The van der Waals surface area contributed by atoms with Crippen molar-refractivity contribution in [3.63, 3.8) is 0 Å². The number of nitrogens with one attached hydrogen (secondary N) is 1. The second-order valence-electron chi connectivity index (χ2n) is 10.9. The maximum Gasteiger partial charge on any atom is 0.264 e. The van der Waals surface area contributed by atoms with Gasteiger partial charge in [0.1, 0.15) is 17.5 Å². The summed E-state index contributed by atoms with van der Waals surface area (Å²) in [7, 11) is 1.75. The van der Waals surface area contributed by atoms with Gasteiger partial charge in [-0.05, 0) is 61.2 Å². The number of nitrogens with zero attached hydrogens (tertiary/aromatic N) is 7. The first-order chi connectivity index (χ1) is 22.1. The van der Waals surface area contributed by atoms with E-state index in [4.69, 9.17) is 14.5 Å². The maximum atomic E-state index is 12.8. The highest BCUT2D eigenvalue weighted by molar-refractivity contribution is 5.90. The third-order valence-corrected chi connectivity index (χ3v) is 7.70. The van der Waals surface area contributed by atoms with Crippen molar-refractivity contribution in [2.75, 3.05) is 19.0 Å². The summed E-state index contributed by atoms with van der Waals surface area (Å²) in [5, 5.41) is 20.8. The number of amides is 1. The molecule has 1 fully saturated rings. The van der Waals surface area contributed by atoms with Gasteiger partial charge >= 0.3 is 0 Å². The van der Waals surface area contributed by atoms with Gasteiger partial charge in [-0.3, -0.25) is 15.1 Å². The summed E-state index contributed by atoms with van der Waals surface area (Å²) < 4.78 is 13.1. The predicted molar refractivity (Wildman–Crippen MR) is 167 cm³/mol. The van der Waals surface area contributed by atoms with Crippen molar-refractivity contribution < 1.29 is 14.3 Å². The molecule has 2 aromatic carbocycles. The Morgan fingerprint density at radius 3 is 2.58 bits per heavy atom. The zero-order chi connectivity index (χ0) is 31.0. The van der Waals surface area contributed by atoms with E-state index in [0.29, 0.717) is 46.4 Å². The zero-order valence-electron chi connectivity index (χ0n) is 24.8. The van der Waals surface area contributed by atoms with E-state index in [1.165, 1.54) is 12.8 Å². The SMILES string of the molecule is COC(c1cccc(Cn2cc(-c3cc(-c4cccc(C#N)c4)nc(NC(=O)COc4ccccc4)n3)nn2)n1)C1CCCC1. The van der Waals surface area contributed by atoms with Crippen molar-refractivity contribution in [1.82, 2.24) is 29.9 Å². The molecule has 0 aliphatic heterocycles. The number of anilines is 1. The van der Waals surface area contributed by atoms with E-state index >= 15 is 0 Å². The lowest BCUT2D eigenvalue weighted by atomic mass is 9.97. The van der Waals surface area contributed by atoms with Crippen LogP contribution in [-0.2, 0) is 16.1 Å². The van der Waals surface area contributed by atoms with Crippen LogP contribution in [0.5, 0.6) is 5.75 Å². The summed E-state index contributed by atoms with van der Waals surface area (Å²) in [4.78, 5) is 26.8. The van der Waals surface area contributed by atoms with Crippen LogP contribution in [-0.4, -0.2) is 49.6 Å². The van der Waals surface area contributed by atoms with Gasteiger partial charge < -0.3 is 9.47 Å². The number of aromatic nitrogens is 6. The third kappa shape index (κ3) is 7.37. The van der Waals surface area contributed by atoms with Crippen LogP contribution in [0, 0.1) is 17.2 Å². The van der Waals surface area contributed by atoms with Crippen molar-refractivity contribution in [1.29, 1.82) is 5.26 Å². The molecular weight excluding hydrogens is 568 g/mol. The Labute approximate surface area is 260 Å². The number of hydrogen-bond acceptors (Lipinski definition) is 9. The molecule has 3 aromatic heterocycles. The molecule has 1 N–H and O–H groups in total. The number of carbonyl (C=O) groups excluding carboxylic acids is 1. The number of pyridine rings is 1. The molecule has 0 bridgehead atoms. The van der Waals surface area contributed by atoms with Gasteiger partial charge in [0.05, 0.1) is 47.1 Å². The van der Waals surface area contributed by atoms with Crippen LogP contribution in [0.15, 0.2) is 85.1 Å². The second-order valence-corrected chi connectivity index (χ2v) is 10.9. The van der Waals surface area contributed by atoms with Crippen LogP contribution in [0.3, 0.4) is 0 Å². The summed E-state index contributed by atoms with van der Waals surface area (Å²) in [5.41, 5.74) is 4.40. The van der Waals surface area contributed by atoms with Crippen LogP contribution in [0.4, 0.5) is 5.95 Å². The highest BCUT2D eigenvalue weighted by Gasteiger charge is 2.27. The number of methoxy groups -OCH3 is 1. The number of nitriles is 1. The Morgan fingerprint density at radius 1 is 0.978 bits per heavy atom. The second kappa shape index (κ2) is 13.9. The smallest absolute Gasteiger partial charge is 0.264 e. The van der Waals surface area contributed by atoms with Gasteiger partial charge in [-0.2, -0.15) is 5.26 Å². The summed E-state index contributed by atoms with van der Waals surface area (Å²) in [5.74, 6) is 0.711. The average molecular weight is 601 g/mol. The molecule has 226 valence electrons. The van der Waals surface area contributed by atoms with E-state index < -0.39 is 5.91 Å². The number of benzene rings is 2. The predicted octanol–water partition coefficient (Wildman–Crippen LogP) is 5.61. The molecule has 1 aliphatic rings. The van der Waals surface area contributed by atoms with Gasteiger partial charge in [-0.1, -0.05) is 54.5 Å². The molecule has 11 nitrogen and oxygen atoms in total. The molecule has 1 aliphatic carbocycles. The number of hydrogen-bond donors (Lipinski definition) is 1. The molecule has 1 atom stereocenters. The highest BCUT2D eigenvalue weighted by Crippen LogP contribution is 2.37. The van der Waals surface area contributed by atoms with Crippen molar-refractivity contribution >= 4 is 11.9 Å². The van der Waals surface area contributed by atoms with Gasteiger partial charge in [0, 0.05) is 12.7 Å². The van der Waals surface area contributed by atoms with E-state index in [1.807, 2.05) is 42.5 Å². The molecule has 6 rings (SSSR count). The molecule has 0 radical (unpaired) electrons. The first-order valence-electron chi connectivity index (χ1n) is 14.8. The van der Waals surface area contributed by atoms with Crippen molar-refractivity contribution in [3.05, 3.63) is 102 Å². The summed E-state index contributed by atoms with van der Waals surface area (Å²) >= 11 is 0. The fourth-order valence-electron chi connectivity index (χ4n) is 5.58. The first kappa shape index (κ1) is 29.6. The van der Waals surface area contributed by atoms with Crippen molar-refractivity contribution in [3.8, 4) is 34.5 Å². The lowest BCUT2D eigenvalue weighted by Crippen LogP contribution is -2.21. The van der Waals surface area contributed by atoms with Gasteiger partial charge in [0.15, 0.2) is 6.61 Å². The quantitative estimate of drug-likeness (QED) is 0.205. The summed E-state index contributed by atoms with van der Waals surface area (Å²) in [6.07, 6.45) is 6.52. The topological polar surface area (TPSA) is 141 Å². The maximum absolute atomic E-state index is 12.8. The van der Waals surface area contributed by atoms with Crippen LogP contribution in [0.1, 0.15) is 48.7 Å². The molecule has 0 saturated heterocycles. The molecule has 1 unspecified atom stereocenters. The molecule has 11 heteroatoms. The van der Waals surface area contributed by atoms with E-state index in [9.17, 15) is 10.1 Å². The summed E-state index contributed by atoms with van der Waals surface area (Å²) in [6.45, 7) is 0.189. The minimum absolute atomic E-state index is 0.0237. The number of para-hydroxylation sites is 1.